The number of carbonyl (C=O) groups excluding carboxylic acids is 1. The lowest BCUT2D eigenvalue weighted by Crippen LogP contribution is -2.33. The van der Waals surface area contributed by atoms with Gasteiger partial charge in [0, 0.05) is 19.3 Å². The highest BCUT2D eigenvalue weighted by Gasteiger charge is 2.14. The van der Waals surface area contributed by atoms with Crippen LogP contribution in [0.5, 0.6) is 0 Å². The molecule has 0 bridgehead atoms. The Kier molecular flexibility index (Phi) is 5.55. The van der Waals surface area contributed by atoms with Crippen molar-refractivity contribution in [3.63, 3.8) is 0 Å². The molecular weight excluding hydrogens is 256 g/mol. The molecule has 1 rings (SSSR count). The molecule has 0 spiro atoms. The van der Waals surface area contributed by atoms with Gasteiger partial charge in [-0.05, 0) is 37.0 Å². The van der Waals surface area contributed by atoms with E-state index in [-0.39, 0.29) is 11.6 Å². The van der Waals surface area contributed by atoms with Crippen LogP contribution in [-0.4, -0.2) is 35.6 Å². The monoisotopic (exact) mass is 278 g/mol. The van der Waals surface area contributed by atoms with Gasteiger partial charge in [0.25, 0.3) is 0 Å². The summed E-state index contributed by atoms with van der Waals surface area (Å²) in [4.78, 5) is 24.7. The summed E-state index contributed by atoms with van der Waals surface area (Å²) in [6.07, 6.45) is 0.929. The molecule has 2 amide bonds. The van der Waals surface area contributed by atoms with E-state index in [9.17, 15) is 9.59 Å². The second-order valence-electron chi connectivity index (χ2n) is 5.32. The number of aromatic carboxylic acids is 1. The van der Waals surface area contributed by atoms with Crippen molar-refractivity contribution >= 4 is 17.7 Å². The van der Waals surface area contributed by atoms with Gasteiger partial charge in [-0.2, -0.15) is 0 Å². The Hall–Kier alpha value is -2.04. The molecule has 1 aromatic carbocycles. The third-order valence-corrected chi connectivity index (χ3v) is 3.19. The number of carboxylic acids is 1. The number of benzene rings is 1. The molecule has 0 saturated carbocycles. The quantitative estimate of drug-likeness (QED) is 0.869. The van der Waals surface area contributed by atoms with Crippen LogP contribution in [0.2, 0.25) is 0 Å². The summed E-state index contributed by atoms with van der Waals surface area (Å²) in [5.74, 6) is -0.464. The SMILES string of the molecule is Cc1c(NC(=O)N(C)CCC(C)C)cccc1C(=O)O. The lowest BCUT2D eigenvalue weighted by atomic mass is 10.1. The normalized spacial score (nSPS) is 10.4. The molecule has 0 unspecified atom stereocenters. The lowest BCUT2D eigenvalue weighted by molar-refractivity contribution is 0.0696. The highest BCUT2D eigenvalue weighted by molar-refractivity contribution is 5.95. The second kappa shape index (κ2) is 6.93. The Morgan fingerprint density at radius 1 is 1.35 bits per heavy atom. The van der Waals surface area contributed by atoms with E-state index in [4.69, 9.17) is 5.11 Å². The van der Waals surface area contributed by atoms with E-state index < -0.39 is 5.97 Å². The fraction of sp³-hybridized carbons (Fsp3) is 0.467. The van der Waals surface area contributed by atoms with E-state index in [0.29, 0.717) is 23.7 Å². The van der Waals surface area contributed by atoms with Crippen molar-refractivity contribution in [1.82, 2.24) is 4.90 Å². The molecule has 0 fully saturated rings. The average molecular weight is 278 g/mol. The molecule has 0 heterocycles. The Morgan fingerprint density at radius 3 is 2.55 bits per heavy atom. The molecule has 0 atom stereocenters. The number of carboxylic acid groups (broad SMARTS) is 1. The van der Waals surface area contributed by atoms with Crippen molar-refractivity contribution < 1.29 is 14.7 Å². The van der Waals surface area contributed by atoms with Crippen LogP contribution in [0.3, 0.4) is 0 Å². The van der Waals surface area contributed by atoms with Crippen molar-refractivity contribution in [2.24, 2.45) is 5.92 Å². The molecule has 0 aliphatic carbocycles. The summed E-state index contributed by atoms with van der Waals surface area (Å²) in [6.45, 7) is 6.56. The molecular formula is C15H22N2O3. The van der Waals surface area contributed by atoms with Crippen LogP contribution in [0.1, 0.15) is 36.2 Å². The highest BCUT2D eigenvalue weighted by Crippen LogP contribution is 2.19. The van der Waals surface area contributed by atoms with Gasteiger partial charge in [-0.15, -0.1) is 0 Å². The van der Waals surface area contributed by atoms with Crippen molar-refractivity contribution in [2.45, 2.75) is 27.2 Å². The van der Waals surface area contributed by atoms with Gasteiger partial charge in [0.15, 0.2) is 0 Å². The number of hydrogen-bond acceptors (Lipinski definition) is 2. The molecule has 5 heteroatoms. The second-order valence-corrected chi connectivity index (χ2v) is 5.32. The third-order valence-electron chi connectivity index (χ3n) is 3.19. The first-order valence-corrected chi connectivity index (χ1v) is 6.68. The maximum absolute atomic E-state index is 12.0. The Labute approximate surface area is 119 Å². The zero-order valence-corrected chi connectivity index (χ0v) is 12.4. The first-order valence-electron chi connectivity index (χ1n) is 6.68. The molecule has 20 heavy (non-hydrogen) atoms. The molecule has 2 N–H and O–H groups in total. The first-order chi connectivity index (χ1) is 9.32. The number of hydrogen-bond donors (Lipinski definition) is 2. The molecule has 0 aliphatic rings. The Balaban J connectivity index is 2.76. The Bertz CT molecular complexity index is 498. The minimum absolute atomic E-state index is 0.202. The zero-order valence-electron chi connectivity index (χ0n) is 12.4. The van der Waals surface area contributed by atoms with E-state index in [1.807, 2.05) is 0 Å². The van der Waals surface area contributed by atoms with E-state index in [1.165, 1.54) is 6.07 Å². The number of amides is 2. The largest absolute Gasteiger partial charge is 0.478 e. The van der Waals surface area contributed by atoms with Crippen molar-refractivity contribution in [2.75, 3.05) is 18.9 Å². The molecule has 0 aromatic heterocycles. The van der Waals surface area contributed by atoms with Crippen LogP contribution in [0.15, 0.2) is 18.2 Å². The lowest BCUT2D eigenvalue weighted by Gasteiger charge is -2.20. The molecule has 5 nitrogen and oxygen atoms in total. The van der Waals surface area contributed by atoms with E-state index in [2.05, 4.69) is 19.2 Å². The van der Waals surface area contributed by atoms with Crippen LogP contribution in [0.4, 0.5) is 10.5 Å². The Morgan fingerprint density at radius 2 is 2.00 bits per heavy atom. The molecule has 110 valence electrons. The maximum atomic E-state index is 12.0. The fourth-order valence-corrected chi connectivity index (χ4v) is 1.77. The van der Waals surface area contributed by atoms with Gasteiger partial charge in [0.1, 0.15) is 0 Å². The predicted octanol–water partition coefficient (Wildman–Crippen LogP) is 3.20. The van der Waals surface area contributed by atoms with Crippen molar-refractivity contribution in [3.05, 3.63) is 29.3 Å². The van der Waals surface area contributed by atoms with E-state index in [0.717, 1.165) is 6.42 Å². The van der Waals surface area contributed by atoms with E-state index >= 15 is 0 Å². The zero-order chi connectivity index (χ0) is 15.3. The summed E-state index contributed by atoms with van der Waals surface area (Å²) in [5, 5.41) is 11.8. The third kappa shape index (κ3) is 4.26. The smallest absolute Gasteiger partial charge is 0.336 e. The summed E-state index contributed by atoms with van der Waals surface area (Å²) in [5.41, 5.74) is 1.30. The maximum Gasteiger partial charge on any atom is 0.336 e. The standard InChI is InChI=1S/C15H22N2O3/c1-10(2)8-9-17(4)15(20)16-13-7-5-6-12(11(13)3)14(18)19/h5-7,10H,8-9H2,1-4H3,(H,16,20)(H,18,19). The van der Waals surface area contributed by atoms with Crippen LogP contribution < -0.4 is 5.32 Å². The molecule has 0 aliphatic heterocycles. The van der Waals surface area contributed by atoms with Gasteiger partial charge < -0.3 is 15.3 Å². The summed E-state index contributed by atoms with van der Waals surface area (Å²) in [7, 11) is 1.73. The van der Waals surface area contributed by atoms with Gasteiger partial charge in [0.2, 0.25) is 0 Å². The fourth-order valence-electron chi connectivity index (χ4n) is 1.77. The van der Waals surface area contributed by atoms with Gasteiger partial charge in [-0.25, -0.2) is 9.59 Å². The molecule has 1 aromatic rings. The van der Waals surface area contributed by atoms with Gasteiger partial charge in [-0.1, -0.05) is 19.9 Å². The summed E-state index contributed by atoms with van der Waals surface area (Å²) < 4.78 is 0. The van der Waals surface area contributed by atoms with Crippen LogP contribution >= 0.6 is 0 Å². The number of nitrogens with zero attached hydrogens (tertiary/aromatic N) is 1. The number of rotatable bonds is 5. The topological polar surface area (TPSA) is 69.6 Å². The minimum atomic E-state index is -0.994. The average Bonchev–Trinajstić information content (AvgIpc) is 2.37. The molecule has 0 radical (unpaired) electrons. The number of anilines is 1. The van der Waals surface area contributed by atoms with Crippen LogP contribution in [0, 0.1) is 12.8 Å². The summed E-state index contributed by atoms with van der Waals surface area (Å²) in [6, 6.07) is 4.63. The van der Waals surface area contributed by atoms with Gasteiger partial charge in [0.05, 0.1) is 5.56 Å². The van der Waals surface area contributed by atoms with Crippen LogP contribution in [0.25, 0.3) is 0 Å². The first kappa shape index (κ1) is 16.0. The van der Waals surface area contributed by atoms with Gasteiger partial charge in [-0.3, -0.25) is 0 Å². The number of urea groups is 1. The van der Waals surface area contributed by atoms with Crippen molar-refractivity contribution in [1.29, 1.82) is 0 Å². The van der Waals surface area contributed by atoms with Crippen molar-refractivity contribution in [3.8, 4) is 0 Å². The number of nitrogens with one attached hydrogen (secondary N) is 1. The summed E-state index contributed by atoms with van der Waals surface area (Å²) >= 11 is 0. The predicted molar refractivity (Wildman–Crippen MR) is 79.2 cm³/mol. The number of carbonyl (C=O) groups is 2. The minimum Gasteiger partial charge on any atom is -0.478 e. The van der Waals surface area contributed by atoms with Gasteiger partial charge >= 0.3 is 12.0 Å². The molecule has 0 saturated heterocycles. The highest BCUT2D eigenvalue weighted by atomic mass is 16.4. The van der Waals surface area contributed by atoms with Crippen LogP contribution in [-0.2, 0) is 0 Å². The van der Waals surface area contributed by atoms with E-state index in [1.54, 1.807) is 31.0 Å².